The highest BCUT2D eigenvalue weighted by Crippen LogP contribution is 2.45. The molecule has 1 rings (SSSR count). The lowest BCUT2D eigenvalue weighted by atomic mass is 9.65. The van der Waals surface area contributed by atoms with Crippen LogP contribution in [0.25, 0.3) is 0 Å². The van der Waals surface area contributed by atoms with Gasteiger partial charge in [0.1, 0.15) is 0 Å². The topological polar surface area (TPSA) is 9.23 Å². The summed E-state index contributed by atoms with van der Waals surface area (Å²) in [6, 6.07) is 0. The fraction of sp³-hybridized carbons (Fsp3) is 1.00. The first-order chi connectivity index (χ1) is 6.14. The molecule has 1 saturated carbocycles. The third-order valence-corrected chi connectivity index (χ3v) is 4.19. The molecule has 1 fully saturated rings. The normalized spacial score (nSPS) is 35.3. The molecule has 0 aromatic carbocycles. The molecule has 0 N–H and O–H groups in total. The Labute approximate surface area is 82.9 Å². The van der Waals surface area contributed by atoms with Crippen LogP contribution >= 0.6 is 0 Å². The fourth-order valence-corrected chi connectivity index (χ4v) is 2.74. The number of hydrogen-bond acceptors (Lipinski definition) is 1. The van der Waals surface area contributed by atoms with E-state index >= 15 is 0 Å². The van der Waals surface area contributed by atoms with Gasteiger partial charge < -0.3 is 4.74 Å². The molecule has 0 aromatic rings. The summed E-state index contributed by atoms with van der Waals surface area (Å²) >= 11 is 0. The van der Waals surface area contributed by atoms with Crippen molar-refractivity contribution >= 4 is 0 Å². The van der Waals surface area contributed by atoms with E-state index in [1.807, 2.05) is 7.11 Å². The number of ether oxygens (including phenoxy) is 1. The summed E-state index contributed by atoms with van der Waals surface area (Å²) in [5.41, 5.74) is 0.620. The predicted octanol–water partition coefficient (Wildman–Crippen LogP) is 3.63. The van der Waals surface area contributed by atoms with Crippen molar-refractivity contribution in [3.05, 3.63) is 0 Å². The van der Waals surface area contributed by atoms with E-state index in [0.717, 1.165) is 5.92 Å². The minimum atomic E-state index is 0.540. The van der Waals surface area contributed by atoms with Crippen LogP contribution in [0.1, 0.15) is 52.9 Å². The maximum absolute atomic E-state index is 5.41. The van der Waals surface area contributed by atoms with Crippen molar-refractivity contribution in [3.63, 3.8) is 0 Å². The molecule has 0 saturated heterocycles. The summed E-state index contributed by atoms with van der Waals surface area (Å²) in [4.78, 5) is 0. The predicted molar refractivity (Wildman–Crippen MR) is 56.8 cm³/mol. The Morgan fingerprint density at radius 1 is 1.31 bits per heavy atom. The Morgan fingerprint density at radius 2 is 1.85 bits per heavy atom. The Balaban J connectivity index is 2.53. The summed E-state index contributed by atoms with van der Waals surface area (Å²) in [7, 11) is 1.85. The van der Waals surface area contributed by atoms with Gasteiger partial charge in [-0.05, 0) is 37.0 Å². The van der Waals surface area contributed by atoms with E-state index in [-0.39, 0.29) is 0 Å². The molecule has 1 aliphatic rings. The molecule has 0 bridgehead atoms. The second-order valence-corrected chi connectivity index (χ2v) is 4.81. The summed E-state index contributed by atoms with van der Waals surface area (Å²) in [5, 5.41) is 0. The molecule has 0 radical (unpaired) electrons. The van der Waals surface area contributed by atoms with Gasteiger partial charge in [-0.15, -0.1) is 0 Å². The molecular formula is C12H24O. The molecule has 0 amide bonds. The first-order valence-electron chi connectivity index (χ1n) is 5.67. The van der Waals surface area contributed by atoms with Crippen molar-refractivity contribution in [1.82, 2.24) is 0 Å². The van der Waals surface area contributed by atoms with Crippen LogP contribution in [0, 0.1) is 11.3 Å². The van der Waals surface area contributed by atoms with Gasteiger partial charge in [0, 0.05) is 7.11 Å². The van der Waals surface area contributed by atoms with Crippen LogP contribution in [0.2, 0.25) is 0 Å². The first-order valence-corrected chi connectivity index (χ1v) is 5.67. The van der Waals surface area contributed by atoms with Gasteiger partial charge in [-0.2, -0.15) is 0 Å². The van der Waals surface area contributed by atoms with Crippen LogP contribution in [-0.4, -0.2) is 13.2 Å². The lowest BCUT2D eigenvalue weighted by molar-refractivity contribution is 0.00557. The summed E-state index contributed by atoms with van der Waals surface area (Å²) in [6.07, 6.45) is 7.13. The Hall–Kier alpha value is -0.0400. The second kappa shape index (κ2) is 4.45. The highest BCUT2D eigenvalue weighted by atomic mass is 16.5. The van der Waals surface area contributed by atoms with Gasteiger partial charge in [0.2, 0.25) is 0 Å². The zero-order valence-electron chi connectivity index (χ0n) is 9.60. The van der Waals surface area contributed by atoms with Crippen LogP contribution in [0.5, 0.6) is 0 Å². The molecule has 0 heterocycles. The van der Waals surface area contributed by atoms with E-state index in [4.69, 9.17) is 4.74 Å². The van der Waals surface area contributed by atoms with Crippen molar-refractivity contribution in [2.24, 2.45) is 11.3 Å². The van der Waals surface area contributed by atoms with E-state index in [2.05, 4.69) is 20.8 Å². The highest BCUT2D eigenvalue weighted by molar-refractivity contribution is 4.87. The van der Waals surface area contributed by atoms with Gasteiger partial charge in [-0.25, -0.2) is 0 Å². The van der Waals surface area contributed by atoms with Crippen molar-refractivity contribution in [3.8, 4) is 0 Å². The lowest BCUT2D eigenvalue weighted by Gasteiger charge is -2.42. The molecule has 0 unspecified atom stereocenters. The van der Waals surface area contributed by atoms with Gasteiger partial charge in [0.05, 0.1) is 6.10 Å². The van der Waals surface area contributed by atoms with E-state index in [1.165, 1.54) is 32.1 Å². The van der Waals surface area contributed by atoms with Gasteiger partial charge in [0.25, 0.3) is 0 Å². The SMILES string of the molecule is CCC1(C(C)C)CCC(OC)CC1. The number of hydrogen-bond donors (Lipinski definition) is 0. The van der Waals surface area contributed by atoms with Gasteiger partial charge in [0.15, 0.2) is 0 Å². The Bertz CT molecular complexity index is 143. The van der Waals surface area contributed by atoms with Crippen LogP contribution < -0.4 is 0 Å². The monoisotopic (exact) mass is 184 g/mol. The second-order valence-electron chi connectivity index (χ2n) is 4.81. The summed E-state index contributed by atoms with van der Waals surface area (Å²) in [6.45, 7) is 7.08. The molecule has 0 aliphatic heterocycles. The molecular weight excluding hydrogens is 160 g/mol. The largest absolute Gasteiger partial charge is 0.381 e. The van der Waals surface area contributed by atoms with E-state index < -0.39 is 0 Å². The van der Waals surface area contributed by atoms with Crippen molar-refractivity contribution in [1.29, 1.82) is 0 Å². The average Bonchev–Trinajstić information content (AvgIpc) is 2.17. The van der Waals surface area contributed by atoms with Crippen molar-refractivity contribution in [2.75, 3.05) is 7.11 Å². The number of methoxy groups -OCH3 is 1. The maximum Gasteiger partial charge on any atom is 0.0571 e. The Morgan fingerprint density at radius 3 is 2.15 bits per heavy atom. The average molecular weight is 184 g/mol. The molecule has 0 spiro atoms. The number of rotatable bonds is 3. The standard InChI is InChI=1S/C12H24O/c1-5-12(10(2)3)8-6-11(13-4)7-9-12/h10-11H,5-9H2,1-4H3. The van der Waals surface area contributed by atoms with Gasteiger partial charge >= 0.3 is 0 Å². The van der Waals surface area contributed by atoms with E-state index in [9.17, 15) is 0 Å². The summed E-state index contributed by atoms with van der Waals surface area (Å²) < 4.78 is 5.41. The molecule has 0 aromatic heterocycles. The van der Waals surface area contributed by atoms with E-state index in [1.54, 1.807) is 0 Å². The third-order valence-electron chi connectivity index (χ3n) is 4.19. The minimum Gasteiger partial charge on any atom is -0.381 e. The Kier molecular flexibility index (Phi) is 3.78. The lowest BCUT2D eigenvalue weighted by Crippen LogP contribution is -2.34. The van der Waals surface area contributed by atoms with Crippen LogP contribution in [0.15, 0.2) is 0 Å². The van der Waals surface area contributed by atoms with Crippen LogP contribution in [-0.2, 0) is 4.74 Å². The molecule has 1 aliphatic carbocycles. The zero-order valence-corrected chi connectivity index (χ0v) is 9.60. The molecule has 0 atom stereocenters. The molecule has 1 nitrogen and oxygen atoms in total. The first kappa shape index (κ1) is 11.0. The fourth-order valence-electron chi connectivity index (χ4n) is 2.74. The van der Waals surface area contributed by atoms with Crippen molar-refractivity contribution in [2.45, 2.75) is 59.0 Å². The highest BCUT2D eigenvalue weighted by Gasteiger charge is 2.36. The minimum absolute atomic E-state index is 0.540. The summed E-state index contributed by atoms with van der Waals surface area (Å²) in [5.74, 6) is 0.829. The van der Waals surface area contributed by atoms with Crippen LogP contribution in [0.4, 0.5) is 0 Å². The molecule has 13 heavy (non-hydrogen) atoms. The van der Waals surface area contributed by atoms with Gasteiger partial charge in [-0.3, -0.25) is 0 Å². The quantitative estimate of drug-likeness (QED) is 0.651. The maximum atomic E-state index is 5.41. The van der Waals surface area contributed by atoms with E-state index in [0.29, 0.717) is 11.5 Å². The smallest absolute Gasteiger partial charge is 0.0571 e. The zero-order chi connectivity index (χ0) is 9.90. The third kappa shape index (κ3) is 2.25. The molecule has 1 heteroatoms. The van der Waals surface area contributed by atoms with Gasteiger partial charge in [-0.1, -0.05) is 27.2 Å². The van der Waals surface area contributed by atoms with Crippen LogP contribution in [0.3, 0.4) is 0 Å². The van der Waals surface area contributed by atoms with Crippen molar-refractivity contribution < 1.29 is 4.74 Å². The molecule has 78 valence electrons.